The minimum atomic E-state index is -0.419. The maximum Gasteiger partial charge on any atom is 0.109 e. The van der Waals surface area contributed by atoms with Gasteiger partial charge < -0.3 is 15.0 Å². The Bertz CT molecular complexity index is 569. The van der Waals surface area contributed by atoms with Crippen LogP contribution in [0.3, 0.4) is 0 Å². The van der Waals surface area contributed by atoms with E-state index >= 15 is 0 Å². The number of para-hydroxylation sites is 2. The predicted molar refractivity (Wildman–Crippen MR) is 82.9 cm³/mol. The van der Waals surface area contributed by atoms with E-state index in [1.54, 1.807) is 0 Å². The fourth-order valence-corrected chi connectivity index (χ4v) is 2.30. The zero-order valence-corrected chi connectivity index (χ0v) is 12.8. The Kier molecular flexibility index (Phi) is 4.45. The molecule has 0 amide bonds. The van der Waals surface area contributed by atoms with E-state index in [9.17, 15) is 5.11 Å². The molecule has 0 aliphatic heterocycles. The van der Waals surface area contributed by atoms with Gasteiger partial charge >= 0.3 is 0 Å². The van der Waals surface area contributed by atoms with Crippen LogP contribution in [-0.4, -0.2) is 32.8 Å². The fourth-order valence-electron chi connectivity index (χ4n) is 2.30. The van der Waals surface area contributed by atoms with Gasteiger partial charge in [-0.3, -0.25) is 0 Å². The molecule has 0 spiro atoms. The van der Waals surface area contributed by atoms with E-state index in [1.807, 2.05) is 18.2 Å². The van der Waals surface area contributed by atoms with Gasteiger partial charge in [0.1, 0.15) is 5.82 Å². The summed E-state index contributed by atoms with van der Waals surface area (Å²) in [5, 5.41) is 13.6. The van der Waals surface area contributed by atoms with Crippen LogP contribution in [0.2, 0.25) is 0 Å². The van der Waals surface area contributed by atoms with Crippen molar-refractivity contribution in [2.75, 3.05) is 6.54 Å². The van der Waals surface area contributed by atoms with Crippen LogP contribution in [0, 0.1) is 0 Å². The van der Waals surface area contributed by atoms with Crippen LogP contribution in [0.4, 0.5) is 0 Å². The zero-order valence-electron chi connectivity index (χ0n) is 12.8. The number of rotatable bonds is 5. The molecule has 0 bridgehead atoms. The molecule has 2 aromatic rings. The molecular weight excluding hydrogens is 250 g/mol. The van der Waals surface area contributed by atoms with Gasteiger partial charge in [-0.15, -0.1) is 0 Å². The van der Waals surface area contributed by atoms with Crippen molar-refractivity contribution in [1.29, 1.82) is 0 Å². The highest BCUT2D eigenvalue weighted by molar-refractivity contribution is 5.75. The summed E-state index contributed by atoms with van der Waals surface area (Å²) in [6.07, 6.45) is 0.450. The molecule has 110 valence electrons. The third-order valence-corrected chi connectivity index (χ3v) is 3.31. The molecule has 0 aliphatic carbocycles. The van der Waals surface area contributed by atoms with Crippen LogP contribution in [-0.2, 0) is 13.0 Å². The van der Waals surface area contributed by atoms with Gasteiger partial charge in [0.15, 0.2) is 0 Å². The van der Waals surface area contributed by atoms with Crippen molar-refractivity contribution in [3.63, 3.8) is 0 Å². The number of nitrogens with zero attached hydrogens (tertiary/aromatic N) is 2. The first-order chi connectivity index (χ1) is 9.40. The lowest BCUT2D eigenvalue weighted by Gasteiger charge is -2.23. The summed E-state index contributed by atoms with van der Waals surface area (Å²) < 4.78 is 2.13. The van der Waals surface area contributed by atoms with Crippen LogP contribution < -0.4 is 5.32 Å². The van der Waals surface area contributed by atoms with Crippen molar-refractivity contribution in [3.05, 3.63) is 30.1 Å². The number of nitrogens with one attached hydrogen (secondary N) is 1. The number of aliphatic hydroxyl groups is 1. The van der Waals surface area contributed by atoms with Crippen LogP contribution in [0.1, 0.15) is 33.5 Å². The topological polar surface area (TPSA) is 50.1 Å². The fraction of sp³-hybridized carbons (Fsp3) is 0.562. The first-order valence-corrected chi connectivity index (χ1v) is 7.28. The van der Waals surface area contributed by atoms with Gasteiger partial charge in [0, 0.05) is 18.5 Å². The normalized spacial score (nSPS) is 13.8. The second-order valence-corrected chi connectivity index (χ2v) is 6.27. The van der Waals surface area contributed by atoms with Crippen LogP contribution >= 0.6 is 0 Å². The van der Waals surface area contributed by atoms with Gasteiger partial charge in [-0.1, -0.05) is 19.1 Å². The van der Waals surface area contributed by atoms with Gasteiger partial charge in [0.05, 0.1) is 23.7 Å². The molecule has 0 saturated carbocycles. The zero-order chi connectivity index (χ0) is 14.8. The Morgan fingerprint density at radius 1 is 1.30 bits per heavy atom. The average Bonchev–Trinajstić information content (AvgIpc) is 2.74. The number of aromatic nitrogens is 2. The lowest BCUT2D eigenvalue weighted by Crippen LogP contribution is -2.42. The molecule has 20 heavy (non-hydrogen) atoms. The van der Waals surface area contributed by atoms with Gasteiger partial charge in [-0.2, -0.15) is 0 Å². The first kappa shape index (κ1) is 15.0. The molecule has 0 fully saturated rings. The number of hydrogen-bond donors (Lipinski definition) is 2. The van der Waals surface area contributed by atoms with Crippen molar-refractivity contribution in [2.24, 2.45) is 0 Å². The highest BCUT2D eigenvalue weighted by atomic mass is 16.3. The van der Waals surface area contributed by atoms with Crippen molar-refractivity contribution in [1.82, 2.24) is 14.9 Å². The van der Waals surface area contributed by atoms with Crippen molar-refractivity contribution >= 4 is 11.0 Å². The van der Waals surface area contributed by atoms with E-state index in [2.05, 4.69) is 48.6 Å². The summed E-state index contributed by atoms with van der Waals surface area (Å²) in [7, 11) is 0. The number of aliphatic hydroxyl groups excluding tert-OH is 1. The minimum absolute atomic E-state index is 0.0194. The Hall–Kier alpha value is -1.39. The molecular formula is C16H25N3O. The maximum absolute atomic E-state index is 10.3. The number of benzene rings is 1. The Labute approximate surface area is 120 Å². The van der Waals surface area contributed by atoms with Crippen LogP contribution in [0.15, 0.2) is 24.3 Å². The van der Waals surface area contributed by atoms with E-state index in [-0.39, 0.29) is 5.54 Å². The standard InChI is InChI=1S/C16H25N3O/c1-5-15-18-13-8-6-7-9-14(13)19(15)11-12(20)10-17-16(2,3)4/h6-9,12,17,20H,5,10-11H2,1-4H3. The van der Waals surface area contributed by atoms with E-state index < -0.39 is 6.10 Å². The van der Waals surface area contributed by atoms with Gasteiger partial charge in [0.2, 0.25) is 0 Å². The van der Waals surface area contributed by atoms with E-state index in [4.69, 9.17) is 0 Å². The van der Waals surface area contributed by atoms with Crippen LogP contribution in [0.25, 0.3) is 11.0 Å². The van der Waals surface area contributed by atoms with Crippen molar-refractivity contribution in [2.45, 2.75) is 52.3 Å². The minimum Gasteiger partial charge on any atom is -0.390 e. The second kappa shape index (κ2) is 5.94. The smallest absolute Gasteiger partial charge is 0.109 e. The summed E-state index contributed by atoms with van der Waals surface area (Å²) in [5.74, 6) is 1.03. The Morgan fingerprint density at radius 2 is 2.00 bits per heavy atom. The third-order valence-electron chi connectivity index (χ3n) is 3.31. The second-order valence-electron chi connectivity index (χ2n) is 6.27. The van der Waals surface area contributed by atoms with Gasteiger partial charge in [-0.25, -0.2) is 4.98 Å². The number of imidazole rings is 1. The number of hydrogen-bond acceptors (Lipinski definition) is 3. The molecule has 2 rings (SSSR count). The van der Waals surface area contributed by atoms with Crippen molar-refractivity contribution < 1.29 is 5.11 Å². The summed E-state index contributed by atoms with van der Waals surface area (Å²) in [4.78, 5) is 4.62. The number of β-amino-alcohol motifs (C(OH)–C–C–N with tert-alkyl or cyclic N) is 1. The van der Waals surface area contributed by atoms with E-state index in [1.165, 1.54) is 0 Å². The lowest BCUT2D eigenvalue weighted by atomic mass is 10.1. The molecule has 1 atom stereocenters. The van der Waals surface area contributed by atoms with Gasteiger partial charge in [-0.05, 0) is 32.9 Å². The Morgan fingerprint density at radius 3 is 2.65 bits per heavy atom. The largest absolute Gasteiger partial charge is 0.390 e. The molecule has 0 aliphatic rings. The maximum atomic E-state index is 10.3. The SMILES string of the molecule is CCc1nc2ccccc2n1CC(O)CNC(C)(C)C. The molecule has 0 saturated heterocycles. The summed E-state index contributed by atoms with van der Waals surface area (Å²) in [6.45, 7) is 9.56. The predicted octanol–water partition coefficient (Wildman–Crippen LogP) is 2.35. The quantitative estimate of drug-likeness (QED) is 0.880. The molecule has 1 unspecified atom stereocenters. The average molecular weight is 275 g/mol. The number of aryl methyl sites for hydroxylation is 1. The first-order valence-electron chi connectivity index (χ1n) is 7.28. The summed E-state index contributed by atoms with van der Waals surface area (Å²) in [6, 6.07) is 8.09. The van der Waals surface area contributed by atoms with E-state index in [0.717, 1.165) is 23.3 Å². The summed E-state index contributed by atoms with van der Waals surface area (Å²) in [5.41, 5.74) is 2.12. The number of fused-ring (bicyclic) bond motifs is 1. The molecule has 4 nitrogen and oxygen atoms in total. The highest BCUT2D eigenvalue weighted by Crippen LogP contribution is 2.17. The highest BCUT2D eigenvalue weighted by Gasteiger charge is 2.15. The monoisotopic (exact) mass is 275 g/mol. The molecule has 0 radical (unpaired) electrons. The Balaban J connectivity index is 2.16. The summed E-state index contributed by atoms with van der Waals surface area (Å²) >= 11 is 0. The van der Waals surface area contributed by atoms with Crippen molar-refractivity contribution in [3.8, 4) is 0 Å². The molecule has 4 heteroatoms. The molecule has 1 aromatic heterocycles. The van der Waals surface area contributed by atoms with E-state index in [0.29, 0.717) is 13.1 Å². The molecule has 2 N–H and O–H groups in total. The lowest BCUT2D eigenvalue weighted by molar-refractivity contribution is 0.142. The van der Waals surface area contributed by atoms with Crippen LogP contribution in [0.5, 0.6) is 0 Å². The third kappa shape index (κ3) is 3.58. The molecule has 1 aromatic carbocycles. The van der Waals surface area contributed by atoms with Gasteiger partial charge in [0.25, 0.3) is 0 Å². The molecule has 1 heterocycles.